The molecule has 0 N–H and O–H groups in total. The maximum Gasteiger partial charge on any atom is 0.599 e. The van der Waals surface area contributed by atoms with Crippen LogP contribution >= 0.6 is 0 Å². The molecule has 2 rings (SSSR count). The molecule has 14 heavy (non-hydrogen) atoms. The second-order valence-electron chi connectivity index (χ2n) is 3.45. The Kier molecular flexibility index (Phi) is 2.48. The molecule has 0 radical (unpaired) electrons. The minimum Gasteiger partial charge on any atom is -0.523 e. The van der Waals surface area contributed by atoms with E-state index in [1.807, 2.05) is 31.2 Å². The summed E-state index contributed by atoms with van der Waals surface area (Å²) < 4.78 is 11.2. The Bertz CT molecular complexity index is 335. The molecule has 0 saturated carbocycles. The number of rotatable bonds is 2. The van der Waals surface area contributed by atoms with Gasteiger partial charge in [0.2, 0.25) is 0 Å². The molecule has 1 aliphatic heterocycles. The zero-order chi connectivity index (χ0) is 9.97. The van der Waals surface area contributed by atoms with E-state index < -0.39 is 0 Å². The molecule has 0 amide bonds. The lowest BCUT2D eigenvalue weighted by Crippen LogP contribution is -2.24. The van der Waals surface area contributed by atoms with Gasteiger partial charge in [-0.3, -0.25) is 0 Å². The van der Waals surface area contributed by atoms with Crippen LogP contribution in [0.3, 0.4) is 0 Å². The van der Waals surface area contributed by atoms with Crippen LogP contribution in [-0.4, -0.2) is 7.12 Å². The van der Waals surface area contributed by atoms with Crippen molar-refractivity contribution in [1.29, 1.82) is 0 Å². The average molecular weight is 188 g/mol. The fourth-order valence-corrected chi connectivity index (χ4v) is 1.42. The predicted octanol–water partition coefficient (Wildman–Crippen LogP) is 2.91. The van der Waals surface area contributed by atoms with Crippen LogP contribution < -0.4 is 9.31 Å². The van der Waals surface area contributed by atoms with Gasteiger partial charge >= 0.3 is 7.12 Å². The summed E-state index contributed by atoms with van der Waals surface area (Å²) in [5, 5.41) is 0. The van der Waals surface area contributed by atoms with Gasteiger partial charge in [0.25, 0.3) is 0 Å². The van der Waals surface area contributed by atoms with E-state index >= 15 is 0 Å². The maximum atomic E-state index is 5.62. The number of fused-ring (bicyclic) bond motifs is 1. The third kappa shape index (κ3) is 1.76. The highest BCUT2D eigenvalue weighted by Crippen LogP contribution is 2.34. The van der Waals surface area contributed by atoms with Crippen molar-refractivity contribution in [2.24, 2.45) is 0 Å². The van der Waals surface area contributed by atoms with Crippen LogP contribution in [0.5, 0.6) is 11.5 Å². The Hall–Kier alpha value is -1.38. The molecular formula is C11H13BO2. The SMILES string of the molecule is C/C=C(/C)CB1Oc2ccccc2O1. The fourth-order valence-electron chi connectivity index (χ4n) is 1.42. The summed E-state index contributed by atoms with van der Waals surface area (Å²) >= 11 is 0. The van der Waals surface area contributed by atoms with Crippen LogP contribution in [0.25, 0.3) is 0 Å². The standard InChI is InChI=1S/C11H13BO2/c1-3-9(2)8-12-13-10-6-4-5-7-11(10)14-12/h3-7H,8H2,1-2H3/b9-3-. The van der Waals surface area contributed by atoms with Crippen LogP contribution in [0, 0.1) is 0 Å². The number of para-hydroxylation sites is 2. The first-order valence-electron chi connectivity index (χ1n) is 4.83. The molecule has 3 heteroatoms. The summed E-state index contributed by atoms with van der Waals surface area (Å²) in [5.41, 5.74) is 1.28. The highest BCUT2D eigenvalue weighted by atomic mass is 16.6. The smallest absolute Gasteiger partial charge is 0.523 e. The summed E-state index contributed by atoms with van der Waals surface area (Å²) in [6, 6.07) is 7.76. The molecule has 0 saturated heterocycles. The second-order valence-corrected chi connectivity index (χ2v) is 3.45. The highest BCUT2D eigenvalue weighted by molar-refractivity contribution is 6.48. The van der Waals surface area contributed by atoms with E-state index in [1.165, 1.54) is 5.57 Å². The summed E-state index contributed by atoms with van der Waals surface area (Å²) in [6.45, 7) is 4.10. The lowest BCUT2D eigenvalue weighted by Gasteiger charge is -2.03. The van der Waals surface area contributed by atoms with E-state index in [0.29, 0.717) is 0 Å². The predicted molar refractivity (Wildman–Crippen MR) is 57.7 cm³/mol. The minimum atomic E-state index is -0.149. The molecule has 1 aromatic rings. The molecule has 0 fully saturated rings. The molecule has 2 nitrogen and oxygen atoms in total. The topological polar surface area (TPSA) is 18.5 Å². The van der Waals surface area contributed by atoms with E-state index in [4.69, 9.17) is 9.31 Å². The summed E-state index contributed by atoms with van der Waals surface area (Å²) in [4.78, 5) is 0. The first kappa shape index (κ1) is 9.19. The largest absolute Gasteiger partial charge is 0.599 e. The van der Waals surface area contributed by atoms with E-state index in [1.54, 1.807) is 0 Å². The molecule has 72 valence electrons. The van der Waals surface area contributed by atoms with Gasteiger partial charge in [-0.1, -0.05) is 23.8 Å². The Morgan fingerprint density at radius 1 is 1.29 bits per heavy atom. The van der Waals surface area contributed by atoms with Gasteiger partial charge in [0.1, 0.15) is 11.5 Å². The van der Waals surface area contributed by atoms with Crippen molar-refractivity contribution in [3.05, 3.63) is 35.9 Å². The Balaban J connectivity index is 2.05. The van der Waals surface area contributed by atoms with Crippen LogP contribution in [0.4, 0.5) is 0 Å². The van der Waals surface area contributed by atoms with E-state index in [9.17, 15) is 0 Å². The van der Waals surface area contributed by atoms with E-state index in [0.717, 1.165) is 17.8 Å². The molecule has 0 aromatic heterocycles. The van der Waals surface area contributed by atoms with Crippen molar-refractivity contribution < 1.29 is 9.31 Å². The van der Waals surface area contributed by atoms with Gasteiger partial charge in [0.05, 0.1) is 0 Å². The van der Waals surface area contributed by atoms with Crippen molar-refractivity contribution >= 4 is 7.12 Å². The average Bonchev–Trinajstić information content (AvgIpc) is 2.59. The van der Waals surface area contributed by atoms with Gasteiger partial charge in [-0.15, -0.1) is 0 Å². The first-order valence-corrected chi connectivity index (χ1v) is 4.83. The van der Waals surface area contributed by atoms with Crippen molar-refractivity contribution in [1.82, 2.24) is 0 Å². The molecule has 0 atom stereocenters. The fraction of sp³-hybridized carbons (Fsp3) is 0.273. The molecule has 0 aliphatic carbocycles. The van der Waals surface area contributed by atoms with Gasteiger partial charge in [0.15, 0.2) is 0 Å². The Labute approximate surface area is 84.7 Å². The molecule has 0 unspecified atom stereocenters. The molecular weight excluding hydrogens is 175 g/mol. The van der Waals surface area contributed by atoms with Gasteiger partial charge in [-0.25, -0.2) is 0 Å². The van der Waals surface area contributed by atoms with Crippen LogP contribution in [0.15, 0.2) is 35.9 Å². The zero-order valence-electron chi connectivity index (χ0n) is 8.49. The molecule has 0 bridgehead atoms. The number of allylic oxidation sites excluding steroid dienone is 2. The van der Waals surface area contributed by atoms with Crippen molar-refractivity contribution in [2.75, 3.05) is 0 Å². The lowest BCUT2D eigenvalue weighted by molar-refractivity contribution is 0.501. The number of hydrogen-bond donors (Lipinski definition) is 0. The van der Waals surface area contributed by atoms with Gasteiger partial charge in [-0.05, 0) is 26.0 Å². The van der Waals surface area contributed by atoms with Crippen molar-refractivity contribution in [3.63, 3.8) is 0 Å². The van der Waals surface area contributed by atoms with Crippen LogP contribution in [0.2, 0.25) is 6.32 Å². The monoisotopic (exact) mass is 188 g/mol. The lowest BCUT2D eigenvalue weighted by atomic mass is 9.81. The van der Waals surface area contributed by atoms with Crippen LogP contribution in [-0.2, 0) is 0 Å². The van der Waals surface area contributed by atoms with Gasteiger partial charge < -0.3 is 9.31 Å². The normalized spacial score (nSPS) is 14.7. The van der Waals surface area contributed by atoms with Gasteiger partial charge in [-0.2, -0.15) is 0 Å². The molecule has 0 spiro atoms. The molecule has 1 aromatic carbocycles. The van der Waals surface area contributed by atoms with Crippen LogP contribution in [0.1, 0.15) is 13.8 Å². The second kappa shape index (κ2) is 3.78. The summed E-state index contributed by atoms with van der Waals surface area (Å²) in [7, 11) is -0.149. The van der Waals surface area contributed by atoms with Gasteiger partial charge in [0, 0.05) is 6.32 Å². The third-order valence-corrected chi connectivity index (χ3v) is 2.35. The minimum absolute atomic E-state index is 0.149. The molecule has 1 heterocycles. The Morgan fingerprint density at radius 2 is 1.86 bits per heavy atom. The van der Waals surface area contributed by atoms with Crippen molar-refractivity contribution in [3.8, 4) is 11.5 Å². The zero-order valence-corrected chi connectivity index (χ0v) is 8.49. The maximum absolute atomic E-state index is 5.62. The first-order chi connectivity index (χ1) is 6.79. The number of benzene rings is 1. The van der Waals surface area contributed by atoms with Crippen molar-refractivity contribution in [2.45, 2.75) is 20.2 Å². The highest BCUT2D eigenvalue weighted by Gasteiger charge is 2.31. The summed E-state index contributed by atoms with van der Waals surface area (Å²) in [6.07, 6.45) is 2.90. The van der Waals surface area contributed by atoms with E-state index in [2.05, 4.69) is 13.0 Å². The third-order valence-electron chi connectivity index (χ3n) is 2.35. The Morgan fingerprint density at radius 3 is 2.36 bits per heavy atom. The summed E-state index contributed by atoms with van der Waals surface area (Å²) in [5.74, 6) is 1.70. The quantitative estimate of drug-likeness (QED) is 0.524. The number of hydrogen-bond acceptors (Lipinski definition) is 2. The van der Waals surface area contributed by atoms with E-state index in [-0.39, 0.29) is 7.12 Å². The molecule has 1 aliphatic rings.